The standard InChI is InChI=1S/C15H20N4O2/c20-14(19-8-2-1-3-9-19)13-7-6-12(10-16-13)18-15(21)17-11-4-5-11/h6-7,10-11H,1-5,8-9H2,(H2,17,18,21). The number of rotatable bonds is 3. The average molecular weight is 288 g/mol. The SMILES string of the molecule is O=C(Nc1ccc(C(=O)N2CCCCC2)nc1)NC1CC1. The highest BCUT2D eigenvalue weighted by molar-refractivity contribution is 5.93. The summed E-state index contributed by atoms with van der Waals surface area (Å²) in [5.41, 5.74) is 1.04. The minimum Gasteiger partial charge on any atom is -0.337 e. The summed E-state index contributed by atoms with van der Waals surface area (Å²) in [6, 6.07) is 3.49. The number of hydrogen-bond acceptors (Lipinski definition) is 3. The number of anilines is 1. The predicted octanol–water partition coefficient (Wildman–Crippen LogP) is 1.99. The molecule has 3 amide bonds. The van der Waals surface area contributed by atoms with Gasteiger partial charge in [0.2, 0.25) is 0 Å². The van der Waals surface area contributed by atoms with E-state index in [1.165, 1.54) is 12.6 Å². The number of nitrogens with zero attached hydrogens (tertiary/aromatic N) is 2. The fraction of sp³-hybridized carbons (Fsp3) is 0.533. The monoisotopic (exact) mass is 288 g/mol. The minimum absolute atomic E-state index is 0.0244. The summed E-state index contributed by atoms with van der Waals surface area (Å²) < 4.78 is 0. The summed E-state index contributed by atoms with van der Waals surface area (Å²) in [7, 11) is 0. The van der Waals surface area contributed by atoms with E-state index in [0.717, 1.165) is 38.8 Å². The van der Waals surface area contributed by atoms with Crippen LogP contribution in [0.15, 0.2) is 18.3 Å². The highest BCUT2D eigenvalue weighted by atomic mass is 16.2. The number of pyridine rings is 1. The highest BCUT2D eigenvalue weighted by Gasteiger charge is 2.23. The van der Waals surface area contributed by atoms with Gasteiger partial charge in [-0.25, -0.2) is 9.78 Å². The van der Waals surface area contributed by atoms with Gasteiger partial charge in [0.05, 0.1) is 11.9 Å². The van der Waals surface area contributed by atoms with Crippen molar-refractivity contribution in [3.8, 4) is 0 Å². The van der Waals surface area contributed by atoms with E-state index in [1.54, 1.807) is 12.1 Å². The van der Waals surface area contributed by atoms with Gasteiger partial charge in [-0.1, -0.05) is 0 Å². The Kier molecular flexibility index (Phi) is 4.03. The van der Waals surface area contributed by atoms with Crippen LogP contribution >= 0.6 is 0 Å². The molecule has 1 aromatic rings. The van der Waals surface area contributed by atoms with Crippen molar-refractivity contribution in [2.45, 2.75) is 38.1 Å². The first-order valence-electron chi connectivity index (χ1n) is 7.55. The maximum atomic E-state index is 12.3. The smallest absolute Gasteiger partial charge is 0.319 e. The molecule has 1 aliphatic heterocycles. The van der Waals surface area contributed by atoms with Gasteiger partial charge in [0, 0.05) is 19.1 Å². The lowest BCUT2D eigenvalue weighted by Crippen LogP contribution is -2.36. The fourth-order valence-electron chi connectivity index (χ4n) is 2.43. The largest absolute Gasteiger partial charge is 0.337 e. The van der Waals surface area contributed by atoms with Crippen LogP contribution in [0.2, 0.25) is 0 Å². The van der Waals surface area contributed by atoms with Crippen molar-refractivity contribution in [1.29, 1.82) is 0 Å². The number of piperidine rings is 1. The van der Waals surface area contributed by atoms with Gasteiger partial charge in [0.15, 0.2) is 0 Å². The Bertz CT molecular complexity index is 519. The second kappa shape index (κ2) is 6.11. The third-order valence-corrected chi connectivity index (χ3v) is 3.80. The van der Waals surface area contributed by atoms with Gasteiger partial charge in [-0.15, -0.1) is 0 Å². The molecule has 112 valence electrons. The summed E-state index contributed by atoms with van der Waals surface area (Å²) in [5.74, 6) is -0.0244. The Morgan fingerprint density at radius 1 is 1.14 bits per heavy atom. The van der Waals surface area contributed by atoms with Crippen molar-refractivity contribution in [2.24, 2.45) is 0 Å². The molecule has 2 N–H and O–H groups in total. The number of carbonyl (C=O) groups excluding carboxylic acids is 2. The van der Waals surface area contributed by atoms with Crippen LogP contribution in [0, 0.1) is 0 Å². The van der Waals surface area contributed by atoms with E-state index in [0.29, 0.717) is 17.4 Å². The number of aromatic nitrogens is 1. The van der Waals surface area contributed by atoms with Gasteiger partial charge in [-0.3, -0.25) is 4.79 Å². The van der Waals surface area contributed by atoms with Gasteiger partial charge in [0.25, 0.3) is 5.91 Å². The van der Waals surface area contributed by atoms with Crippen LogP contribution in [0.5, 0.6) is 0 Å². The summed E-state index contributed by atoms with van der Waals surface area (Å²) >= 11 is 0. The third kappa shape index (κ3) is 3.71. The van der Waals surface area contributed by atoms with Crippen LogP contribution in [-0.2, 0) is 0 Å². The van der Waals surface area contributed by atoms with E-state index in [1.807, 2.05) is 4.90 Å². The zero-order valence-corrected chi connectivity index (χ0v) is 12.0. The molecule has 6 nitrogen and oxygen atoms in total. The molecule has 2 heterocycles. The second-order valence-corrected chi connectivity index (χ2v) is 5.66. The van der Waals surface area contributed by atoms with Crippen LogP contribution in [-0.4, -0.2) is 41.0 Å². The number of carbonyl (C=O) groups is 2. The number of nitrogens with one attached hydrogen (secondary N) is 2. The Hall–Kier alpha value is -2.11. The number of amides is 3. The van der Waals surface area contributed by atoms with Crippen LogP contribution in [0.4, 0.5) is 10.5 Å². The van der Waals surface area contributed by atoms with Gasteiger partial charge in [0.1, 0.15) is 5.69 Å². The summed E-state index contributed by atoms with van der Waals surface area (Å²) in [4.78, 5) is 29.9. The maximum absolute atomic E-state index is 12.3. The zero-order valence-electron chi connectivity index (χ0n) is 12.0. The van der Waals surface area contributed by atoms with E-state index in [2.05, 4.69) is 15.6 Å². The summed E-state index contributed by atoms with van der Waals surface area (Å²) in [5, 5.41) is 5.56. The Balaban J connectivity index is 1.57. The van der Waals surface area contributed by atoms with Crippen molar-refractivity contribution in [2.75, 3.05) is 18.4 Å². The molecule has 1 aliphatic carbocycles. The van der Waals surface area contributed by atoms with Gasteiger partial charge >= 0.3 is 6.03 Å². The topological polar surface area (TPSA) is 74.3 Å². The number of urea groups is 1. The van der Waals surface area contributed by atoms with Crippen molar-refractivity contribution < 1.29 is 9.59 Å². The third-order valence-electron chi connectivity index (χ3n) is 3.80. The molecule has 2 fully saturated rings. The van der Waals surface area contributed by atoms with Crippen molar-refractivity contribution >= 4 is 17.6 Å². The normalized spacial score (nSPS) is 18.2. The molecule has 2 aliphatic rings. The Morgan fingerprint density at radius 3 is 2.52 bits per heavy atom. The Labute approximate surface area is 123 Å². The van der Waals surface area contributed by atoms with E-state index in [-0.39, 0.29) is 11.9 Å². The Morgan fingerprint density at radius 2 is 1.90 bits per heavy atom. The van der Waals surface area contributed by atoms with Crippen LogP contribution in [0.1, 0.15) is 42.6 Å². The van der Waals surface area contributed by atoms with Gasteiger partial charge in [-0.2, -0.15) is 0 Å². The molecule has 0 aromatic carbocycles. The molecule has 0 spiro atoms. The molecular weight excluding hydrogens is 268 g/mol. The van der Waals surface area contributed by atoms with Crippen LogP contribution < -0.4 is 10.6 Å². The maximum Gasteiger partial charge on any atom is 0.319 e. The number of likely N-dealkylation sites (tertiary alicyclic amines) is 1. The van der Waals surface area contributed by atoms with Gasteiger partial charge < -0.3 is 15.5 Å². The molecule has 0 unspecified atom stereocenters. The minimum atomic E-state index is -0.214. The molecule has 1 saturated carbocycles. The first-order chi connectivity index (χ1) is 10.2. The quantitative estimate of drug-likeness (QED) is 0.893. The van der Waals surface area contributed by atoms with E-state index < -0.39 is 0 Å². The van der Waals surface area contributed by atoms with Crippen molar-refractivity contribution in [3.63, 3.8) is 0 Å². The molecule has 3 rings (SSSR count). The molecule has 21 heavy (non-hydrogen) atoms. The molecule has 1 saturated heterocycles. The van der Waals surface area contributed by atoms with E-state index in [4.69, 9.17) is 0 Å². The number of hydrogen-bond donors (Lipinski definition) is 2. The summed E-state index contributed by atoms with van der Waals surface area (Å²) in [6.45, 7) is 1.62. The van der Waals surface area contributed by atoms with Gasteiger partial charge in [-0.05, 0) is 44.2 Å². The lowest BCUT2D eigenvalue weighted by molar-refractivity contribution is 0.0718. The molecule has 0 radical (unpaired) electrons. The highest BCUT2D eigenvalue weighted by Crippen LogP contribution is 2.19. The summed E-state index contributed by atoms with van der Waals surface area (Å²) in [6.07, 6.45) is 6.95. The molecule has 1 aromatic heterocycles. The van der Waals surface area contributed by atoms with E-state index in [9.17, 15) is 9.59 Å². The van der Waals surface area contributed by atoms with Crippen molar-refractivity contribution in [1.82, 2.24) is 15.2 Å². The second-order valence-electron chi connectivity index (χ2n) is 5.66. The van der Waals surface area contributed by atoms with Crippen LogP contribution in [0.25, 0.3) is 0 Å². The predicted molar refractivity (Wildman–Crippen MR) is 79.2 cm³/mol. The molecular formula is C15H20N4O2. The lowest BCUT2D eigenvalue weighted by atomic mass is 10.1. The molecule has 0 atom stereocenters. The van der Waals surface area contributed by atoms with E-state index >= 15 is 0 Å². The molecule has 0 bridgehead atoms. The fourth-order valence-corrected chi connectivity index (χ4v) is 2.43. The lowest BCUT2D eigenvalue weighted by Gasteiger charge is -2.26. The zero-order chi connectivity index (χ0) is 14.7. The molecule has 6 heteroatoms. The van der Waals surface area contributed by atoms with Crippen LogP contribution in [0.3, 0.4) is 0 Å². The van der Waals surface area contributed by atoms with Crippen molar-refractivity contribution in [3.05, 3.63) is 24.0 Å². The first kappa shape index (κ1) is 13.9. The average Bonchev–Trinajstić information content (AvgIpc) is 3.32. The first-order valence-corrected chi connectivity index (χ1v) is 7.55.